The van der Waals surface area contributed by atoms with Gasteiger partial charge in [-0.05, 0) is 60.7 Å². The Morgan fingerprint density at radius 2 is 1.52 bits per heavy atom. The van der Waals surface area contributed by atoms with Crippen molar-refractivity contribution in [1.29, 1.82) is 5.26 Å². The monoisotopic (exact) mass is 539 g/mol. The molecule has 0 radical (unpaired) electrons. The van der Waals surface area contributed by atoms with Crippen LogP contribution >= 0.6 is 0 Å². The third-order valence-corrected chi connectivity index (χ3v) is 6.50. The van der Waals surface area contributed by atoms with Gasteiger partial charge < -0.3 is 14.2 Å². The number of unbranched alkanes of at least 4 members (excludes halogenated alkanes) is 6. The molecule has 6 nitrogen and oxygen atoms in total. The minimum absolute atomic E-state index is 0.172. The highest BCUT2D eigenvalue weighted by Gasteiger charge is 2.22. The van der Waals surface area contributed by atoms with Crippen LogP contribution in [0.15, 0.2) is 79.4 Å². The van der Waals surface area contributed by atoms with Crippen LogP contribution in [0.1, 0.15) is 78.9 Å². The summed E-state index contributed by atoms with van der Waals surface area (Å²) in [7, 11) is 0. The Labute approximate surface area is 237 Å². The number of nitrogens with zero attached hydrogens (tertiary/aromatic N) is 1. The second-order valence-electron chi connectivity index (χ2n) is 9.54. The van der Waals surface area contributed by atoms with E-state index in [1.165, 1.54) is 25.7 Å². The molecule has 0 aliphatic heterocycles. The molecule has 3 rings (SSSR count). The van der Waals surface area contributed by atoms with E-state index < -0.39 is 11.9 Å². The lowest BCUT2D eigenvalue weighted by Gasteiger charge is -2.18. The molecule has 3 aromatic rings. The van der Waals surface area contributed by atoms with Gasteiger partial charge in [0.2, 0.25) is 5.75 Å². The number of aryl methyl sites for hydroxylation is 2. The molecule has 0 N–H and O–H groups in total. The lowest BCUT2D eigenvalue weighted by Crippen LogP contribution is -2.13. The molecule has 208 valence electrons. The van der Waals surface area contributed by atoms with Crippen molar-refractivity contribution in [3.05, 3.63) is 102 Å². The fourth-order valence-corrected chi connectivity index (χ4v) is 4.25. The molecule has 0 aromatic heterocycles. The van der Waals surface area contributed by atoms with Gasteiger partial charge in [-0.1, -0.05) is 88.4 Å². The van der Waals surface area contributed by atoms with E-state index in [1.54, 1.807) is 48.5 Å². The minimum atomic E-state index is -0.633. The van der Waals surface area contributed by atoms with Gasteiger partial charge in [-0.3, -0.25) is 0 Å². The van der Waals surface area contributed by atoms with Crippen molar-refractivity contribution >= 4 is 11.9 Å². The normalized spacial score (nSPS) is 10.4. The van der Waals surface area contributed by atoms with Gasteiger partial charge in [0.25, 0.3) is 0 Å². The summed E-state index contributed by atoms with van der Waals surface area (Å²) >= 11 is 0. The molecule has 0 aliphatic carbocycles. The number of rotatable bonds is 16. The van der Waals surface area contributed by atoms with E-state index in [-0.39, 0.29) is 17.2 Å². The maximum Gasteiger partial charge on any atom is 0.343 e. The third kappa shape index (κ3) is 9.43. The SMILES string of the molecule is C=CC(=O)Oc1ccc(CCc2ccc(C#N)cc2)c(OC(=O)c2ccccc2)c1OCCCCCCCCC. The molecule has 0 saturated carbocycles. The third-order valence-electron chi connectivity index (χ3n) is 6.50. The van der Waals surface area contributed by atoms with Crippen LogP contribution in [-0.4, -0.2) is 18.5 Å². The van der Waals surface area contributed by atoms with Gasteiger partial charge in [0, 0.05) is 6.08 Å². The number of carbonyl (C=O) groups is 2. The summed E-state index contributed by atoms with van der Waals surface area (Å²) < 4.78 is 17.6. The van der Waals surface area contributed by atoms with Gasteiger partial charge >= 0.3 is 11.9 Å². The van der Waals surface area contributed by atoms with E-state index >= 15 is 0 Å². The zero-order valence-corrected chi connectivity index (χ0v) is 23.2. The molecular formula is C34H37NO5. The van der Waals surface area contributed by atoms with Gasteiger partial charge in [0.15, 0.2) is 11.5 Å². The van der Waals surface area contributed by atoms with Crippen molar-refractivity contribution in [3.63, 3.8) is 0 Å². The molecule has 0 atom stereocenters. The van der Waals surface area contributed by atoms with Crippen LogP contribution in [0, 0.1) is 11.3 Å². The summed E-state index contributed by atoms with van der Waals surface area (Å²) in [6, 6.07) is 21.7. The number of nitriles is 1. The Bertz CT molecular complexity index is 1290. The van der Waals surface area contributed by atoms with Crippen molar-refractivity contribution in [1.82, 2.24) is 0 Å². The molecule has 0 aliphatic rings. The molecule has 0 unspecified atom stereocenters. The van der Waals surface area contributed by atoms with Crippen LogP contribution in [0.2, 0.25) is 0 Å². The van der Waals surface area contributed by atoms with Gasteiger partial charge in [-0.25, -0.2) is 9.59 Å². The quantitative estimate of drug-likeness (QED) is 0.0799. The largest absolute Gasteiger partial charge is 0.486 e. The van der Waals surface area contributed by atoms with Crippen LogP contribution in [0.25, 0.3) is 0 Å². The molecule has 40 heavy (non-hydrogen) atoms. The standard InChI is InChI=1S/C34H37NO5/c1-3-5-6-7-8-9-13-24-38-33-30(39-31(36)4-2)23-22-28(21-20-26-16-18-27(25-35)19-17-26)32(33)40-34(37)29-14-11-10-12-15-29/h4,10-12,14-19,22-23H,2-3,5-9,13,20-21,24H2,1H3. The maximum absolute atomic E-state index is 13.1. The molecule has 0 fully saturated rings. The van der Waals surface area contributed by atoms with Crippen molar-refractivity contribution in [3.8, 4) is 23.3 Å². The number of hydrogen-bond donors (Lipinski definition) is 0. The first kappa shape index (κ1) is 30.2. The lowest BCUT2D eigenvalue weighted by molar-refractivity contribution is -0.129. The van der Waals surface area contributed by atoms with Crippen molar-refractivity contribution in [2.75, 3.05) is 6.61 Å². The van der Waals surface area contributed by atoms with Crippen LogP contribution in [-0.2, 0) is 17.6 Å². The zero-order chi connectivity index (χ0) is 28.6. The topological polar surface area (TPSA) is 85.6 Å². The average molecular weight is 540 g/mol. The predicted octanol–water partition coefficient (Wildman–Crippen LogP) is 7.78. The van der Waals surface area contributed by atoms with Crippen LogP contribution in [0.3, 0.4) is 0 Å². The Kier molecular flexibility index (Phi) is 12.5. The molecule has 0 heterocycles. The van der Waals surface area contributed by atoms with Crippen LogP contribution in [0.4, 0.5) is 0 Å². The van der Waals surface area contributed by atoms with Gasteiger partial charge in [0.1, 0.15) is 0 Å². The molecule has 0 saturated heterocycles. The van der Waals surface area contributed by atoms with Gasteiger partial charge in [-0.15, -0.1) is 0 Å². The van der Waals surface area contributed by atoms with Crippen molar-refractivity contribution in [2.24, 2.45) is 0 Å². The lowest BCUT2D eigenvalue weighted by atomic mass is 10.0. The highest BCUT2D eigenvalue weighted by atomic mass is 16.6. The molecule has 6 heteroatoms. The summed E-state index contributed by atoms with van der Waals surface area (Å²) in [5.41, 5.74) is 2.76. The van der Waals surface area contributed by atoms with Crippen LogP contribution in [0.5, 0.6) is 17.2 Å². The summed E-state index contributed by atoms with van der Waals surface area (Å²) in [4.78, 5) is 25.2. The smallest absolute Gasteiger partial charge is 0.343 e. The molecule has 3 aromatic carbocycles. The fourth-order valence-electron chi connectivity index (χ4n) is 4.25. The van der Waals surface area contributed by atoms with Gasteiger partial charge in [-0.2, -0.15) is 5.26 Å². The summed E-state index contributed by atoms with van der Waals surface area (Å²) in [5.74, 6) is -0.534. The number of hydrogen-bond acceptors (Lipinski definition) is 6. The Morgan fingerprint density at radius 1 is 0.825 bits per heavy atom. The van der Waals surface area contributed by atoms with Crippen molar-refractivity contribution in [2.45, 2.75) is 64.7 Å². The minimum Gasteiger partial charge on any atom is -0.486 e. The molecular weight excluding hydrogens is 502 g/mol. The predicted molar refractivity (Wildman–Crippen MR) is 156 cm³/mol. The highest BCUT2D eigenvalue weighted by molar-refractivity contribution is 5.92. The molecule has 0 spiro atoms. The average Bonchev–Trinajstić information content (AvgIpc) is 2.99. The van der Waals surface area contributed by atoms with E-state index in [2.05, 4.69) is 19.6 Å². The summed E-state index contributed by atoms with van der Waals surface area (Å²) in [6.45, 7) is 6.08. The van der Waals surface area contributed by atoms with E-state index in [1.807, 2.05) is 18.2 Å². The Morgan fingerprint density at radius 3 is 2.20 bits per heavy atom. The highest BCUT2D eigenvalue weighted by Crippen LogP contribution is 2.42. The Balaban J connectivity index is 1.87. The molecule has 0 bridgehead atoms. The summed E-state index contributed by atoms with van der Waals surface area (Å²) in [6.07, 6.45) is 10.1. The fraction of sp³-hybridized carbons (Fsp3) is 0.324. The van der Waals surface area contributed by atoms with Gasteiger partial charge in [0.05, 0.1) is 23.8 Å². The van der Waals surface area contributed by atoms with E-state index in [0.29, 0.717) is 30.6 Å². The number of esters is 2. The zero-order valence-electron chi connectivity index (χ0n) is 23.2. The van der Waals surface area contributed by atoms with Crippen LogP contribution < -0.4 is 14.2 Å². The number of carbonyl (C=O) groups excluding carboxylic acids is 2. The van der Waals surface area contributed by atoms with E-state index in [9.17, 15) is 9.59 Å². The first-order chi connectivity index (χ1) is 19.5. The Hall–Kier alpha value is -4.37. The second kappa shape index (κ2) is 16.6. The maximum atomic E-state index is 13.1. The first-order valence-electron chi connectivity index (χ1n) is 13.9. The molecule has 0 amide bonds. The van der Waals surface area contributed by atoms with E-state index in [0.717, 1.165) is 36.5 Å². The van der Waals surface area contributed by atoms with E-state index in [4.69, 9.17) is 19.5 Å². The second-order valence-corrected chi connectivity index (χ2v) is 9.54. The number of ether oxygens (including phenoxy) is 3. The first-order valence-corrected chi connectivity index (χ1v) is 13.9. The van der Waals surface area contributed by atoms with Crippen molar-refractivity contribution < 1.29 is 23.8 Å². The summed E-state index contributed by atoms with van der Waals surface area (Å²) in [5, 5.41) is 9.09. The number of benzene rings is 3.